The summed E-state index contributed by atoms with van der Waals surface area (Å²) in [7, 11) is 0. The van der Waals surface area contributed by atoms with Crippen LogP contribution in [0.15, 0.2) is 103 Å². The lowest BCUT2D eigenvalue weighted by Gasteiger charge is -2.05. The van der Waals surface area contributed by atoms with E-state index in [0.29, 0.717) is 23.1 Å². The van der Waals surface area contributed by atoms with Crippen LogP contribution in [0, 0.1) is 0 Å². The highest BCUT2D eigenvalue weighted by Gasteiger charge is 2.23. The van der Waals surface area contributed by atoms with Crippen LogP contribution >= 0.6 is 11.6 Å². The Morgan fingerprint density at radius 1 is 0.794 bits per heavy atom. The van der Waals surface area contributed by atoms with Gasteiger partial charge in [0, 0.05) is 10.6 Å². The van der Waals surface area contributed by atoms with Crippen LogP contribution in [0.25, 0.3) is 22.2 Å². The van der Waals surface area contributed by atoms with Gasteiger partial charge in [-0.1, -0.05) is 90.5 Å². The average molecular weight is 533 g/mol. The Balaban J connectivity index is 0.00000274. The van der Waals surface area contributed by atoms with Crippen LogP contribution in [-0.4, -0.2) is 10.4 Å². The van der Waals surface area contributed by atoms with Crippen molar-refractivity contribution in [1.29, 1.82) is 0 Å². The van der Waals surface area contributed by atoms with Gasteiger partial charge >= 0.3 is 5.95 Å². The number of benzene rings is 4. The van der Waals surface area contributed by atoms with E-state index in [2.05, 4.69) is 12.1 Å². The first-order valence-corrected chi connectivity index (χ1v) is 11.2. The number of carbonyl (C=O) groups excluding carboxylic acids is 1. The topological polar surface area (TPSA) is 51.9 Å². The number of hydrogen-bond donors (Lipinski definition) is 1. The van der Waals surface area contributed by atoms with E-state index in [1.807, 2.05) is 100 Å². The van der Waals surface area contributed by atoms with E-state index in [-0.39, 0.29) is 29.3 Å². The van der Waals surface area contributed by atoms with Gasteiger partial charge < -0.3 is 17.0 Å². The average Bonchev–Trinajstić information content (AvgIpc) is 3.12. The maximum atomic E-state index is 13.2. The van der Waals surface area contributed by atoms with Crippen molar-refractivity contribution in [1.82, 2.24) is 4.57 Å². The normalized spacial score (nSPS) is 10.7. The summed E-state index contributed by atoms with van der Waals surface area (Å²) in [5.74, 6) is 0.557. The zero-order chi connectivity index (χ0) is 22.8. The van der Waals surface area contributed by atoms with Gasteiger partial charge in [-0.3, -0.25) is 10.5 Å². The van der Waals surface area contributed by atoms with Gasteiger partial charge in [0.25, 0.3) is 0 Å². The van der Waals surface area contributed by atoms with Crippen molar-refractivity contribution in [2.24, 2.45) is 0 Å². The number of nitrogen functional groups attached to an aromatic ring is 1. The molecular formula is C28H23BrClN3O. The van der Waals surface area contributed by atoms with Gasteiger partial charge in [0.2, 0.25) is 0 Å². The second-order valence-corrected chi connectivity index (χ2v) is 8.45. The molecule has 0 fully saturated rings. The summed E-state index contributed by atoms with van der Waals surface area (Å²) in [5, 5.41) is 0.697. The minimum Gasteiger partial charge on any atom is -1.00 e. The number of aromatic nitrogens is 2. The molecule has 2 N–H and O–H groups in total. The Hall–Kier alpha value is -3.41. The van der Waals surface area contributed by atoms with Crippen molar-refractivity contribution in [2.75, 3.05) is 5.73 Å². The van der Waals surface area contributed by atoms with Crippen molar-refractivity contribution in [3.05, 3.63) is 119 Å². The number of para-hydroxylation sites is 2. The predicted octanol–water partition coefficient (Wildman–Crippen LogP) is 2.77. The lowest BCUT2D eigenvalue weighted by molar-refractivity contribution is -0.648. The largest absolute Gasteiger partial charge is 1.00 e. The summed E-state index contributed by atoms with van der Waals surface area (Å²) in [5.41, 5.74) is 12.4. The van der Waals surface area contributed by atoms with Gasteiger partial charge in [0.05, 0.1) is 6.54 Å². The van der Waals surface area contributed by atoms with Gasteiger partial charge in [-0.25, -0.2) is 9.13 Å². The number of imidazole rings is 1. The summed E-state index contributed by atoms with van der Waals surface area (Å²) in [4.78, 5) is 13.2. The van der Waals surface area contributed by atoms with Crippen molar-refractivity contribution < 1.29 is 26.3 Å². The molecule has 0 saturated heterocycles. The molecule has 0 unspecified atom stereocenters. The standard InChI is InChI=1S/C28H22ClN3O.BrH/c29-24-16-10-20(11-17-24)18-31-25-8-4-5-9-26(25)32(28(31)30)19-27(33)23-14-12-22(13-15-23)21-6-2-1-3-7-21;/h1-17,30H,18-19H2;1H. The van der Waals surface area contributed by atoms with Crippen LogP contribution in [0.4, 0.5) is 5.95 Å². The quantitative estimate of drug-likeness (QED) is 0.270. The molecular weight excluding hydrogens is 510 g/mol. The third-order valence-corrected chi connectivity index (χ3v) is 6.14. The van der Waals surface area contributed by atoms with Gasteiger partial charge in [0.15, 0.2) is 5.78 Å². The van der Waals surface area contributed by atoms with E-state index in [1.54, 1.807) is 0 Å². The zero-order valence-electron chi connectivity index (χ0n) is 18.4. The van der Waals surface area contributed by atoms with Gasteiger partial charge in [-0.2, -0.15) is 0 Å². The molecule has 170 valence electrons. The van der Waals surface area contributed by atoms with Crippen molar-refractivity contribution >= 4 is 34.4 Å². The number of nitrogens with two attached hydrogens (primary N) is 1. The fourth-order valence-corrected chi connectivity index (χ4v) is 4.26. The van der Waals surface area contributed by atoms with Crippen LogP contribution in [0.2, 0.25) is 5.02 Å². The number of fused-ring (bicyclic) bond motifs is 1. The number of nitrogens with zero attached hydrogens (tertiary/aromatic N) is 2. The highest BCUT2D eigenvalue weighted by molar-refractivity contribution is 6.30. The molecule has 0 radical (unpaired) electrons. The van der Waals surface area contributed by atoms with E-state index >= 15 is 0 Å². The number of ketones is 1. The summed E-state index contributed by atoms with van der Waals surface area (Å²) in [6.07, 6.45) is 0. The van der Waals surface area contributed by atoms with E-state index < -0.39 is 0 Å². The fourth-order valence-electron chi connectivity index (χ4n) is 4.13. The maximum absolute atomic E-state index is 13.2. The van der Waals surface area contributed by atoms with Gasteiger partial charge in [0.1, 0.15) is 17.6 Å². The molecule has 0 bridgehead atoms. The Morgan fingerprint density at radius 2 is 1.41 bits per heavy atom. The number of carbonyl (C=O) groups is 1. The Morgan fingerprint density at radius 3 is 2.12 bits per heavy atom. The Kier molecular flexibility index (Phi) is 7.15. The first kappa shape index (κ1) is 23.7. The molecule has 1 heterocycles. The number of hydrogen-bond acceptors (Lipinski definition) is 2. The molecule has 4 aromatic carbocycles. The van der Waals surface area contributed by atoms with E-state index in [0.717, 1.165) is 27.7 Å². The Bertz CT molecular complexity index is 1430. The number of rotatable bonds is 6. The summed E-state index contributed by atoms with van der Waals surface area (Å²) >= 11 is 6.03. The molecule has 0 spiro atoms. The van der Waals surface area contributed by atoms with Crippen LogP contribution in [0.3, 0.4) is 0 Å². The highest BCUT2D eigenvalue weighted by Crippen LogP contribution is 2.21. The molecule has 1 aromatic heterocycles. The maximum Gasteiger partial charge on any atom is 0.356 e. The van der Waals surface area contributed by atoms with Crippen molar-refractivity contribution in [2.45, 2.75) is 13.1 Å². The second kappa shape index (κ2) is 10.2. The first-order chi connectivity index (χ1) is 16.1. The third-order valence-electron chi connectivity index (χ3n) is 5.89. The lowest BCUT2D eigenvalue weighted by Crippen LogP contribution is -3.00. The van der Waals surface area contributed by atoms with Crippen molar-refractivity contribution in [3.63, 3.8) is 0 Å². The van der Waals surface area contributed by atoms with E-state index in [4.69, 9.17) is 17.3 Å². The zero-order valence-corrected chi connectivity index (χ0v) is 20.7. The number of Topliss-reactive ketones (excluding diaryl/α,β-unsaturated/α-hetero) is 1. The number of anilines is 1. The molecule has 0 aliphatic rings. The molecule has 5 aromatic rings. The van der Waals surface area contributed by atoms with Crippen LogP contribution in [0.5, 0.6) is 0 Å². The highest BCUT2D eigenvalue weighted by atomic mass is 79.9. The summed E-state index contributed by atoms with van der Waals surface area (Å²) in [6, 6.07) is 33.5. The van der Waals surface area contributed by atoms with Gasteiger partial charge in [-0.15, -0.1) is 0 Å². The molecule has 6 heteroatoms. The summed E-state index contributed by atoms with van der Waals surface area (Å²) < 4.78 is 3.92. The predicted molar refractivity (Wildman–Crippen MR) is 133 cm³/mol. The molecule has 5 rings (SSSR count). The lowest BCUT2D eigenvalue weighted by atomic mass is 10.0. The molecule has 4 nitrogen and oxygen atoms in total. The van der Waals surface area contributed by atoms with E-state index in [9.17, 15) is 4.79 Å². The van der Waals surface area contributed by atoms with Crippen molar-refractivity contribution in [3.8, 4) is 11.1 Å². The van der Waals surface area contributed by atoms with Crippen LogP contribution in [0.1, 0.15) is 15.9 Å². The molecule has 0 aliphatic heterocycles. The molecule has 0 saturated carbocycles. The molecule has 0 aliphatic carbocycles. The number of halogens is 2. The minimum absolute atomic E-state index is 0. The summed E-state index contributed by atoms with van der Waals surface area (Å²) in [6.45, 7) is 0.765. The minimum atomic E-state index is 0. The van der Waals surface area contributed by atoms with Crippen LogP contribution in [-0.2, 0) is 13.1 Å². The van der Waals surface area contributed by atoms with Crippen LogP contribution < -0.4 is 27.3 Å². The third kappa shape index (κ3) is 4.76. The fraction of sp³-hybridized carbons (Fsp3) is 0.0714. The molecule has 34 heavy (non-hydrogen) atoms. The second-order valence-electron chi connectivity index (χ2n) is 8.01. The monoisotopic (exact) mass is 531 g/mol. The van der Waals surface area contributed by atoms with Gasteiger partial charge in [-0.05, 0) is 41.0 Å². The molecule has 0 atom stereocenters. The Labute approximate surface area is 214 Å². The SMILES string of the molecule is Nc1n(CC(=O)c2ccc(-c3ccccc3)cc2)c2ccccc2[n+]1Cc1ccc(Cl)cc1.[Br-]. The first-order valence-electron chi connectivity index (χ1n) is 10.8. The van der Waals surface area contributed by atoms with E-state index in [1.165, 1.54) is 0 Å². The smallest absolute Gasteiger partial charge is 0.356 e. The molecule has 0 amide bonds.